The van der Waals surface area contributed by atoms with Crippen LogP contribution in [0.5, 0.6) is 17.2 Å². The highest BCUT2D eigenvalue weighted by molar-refractivity contribution is 5.79. The second kappa shape index (κ2) is 9.85. The van der Waals surface area contributed by atoms with Gasteiger partial charge in [0, 0.05) is 6.54 Å². The Balaban J connectivity index is 1.49. The number of hydrogen-bond acceptors (Lipinski definition) is 4. The van der Waals surface area contributed by atoms with E-state index >= 15 is 0 Å². The third kappa shape index (κ3) is 4.89. The molecule has 4 aromatic rings. The van der Waals surface area contributed by atoms with Gasteiger partial charge in [-0.1, -0.05) is 42.5 Å². The Morgan fingerprint density at radius 1 is 0.806 bits per heavy atom. The van der Waals surface area contributed by atoms with Crippen LogP contribution in [0.2, 0.25) is 0 Å². The summed E-state index contributed by atoms with van der Waals surface area (Å²) in [7, 11) is 3.33. The third-order valence-electron chi connectivity index (χ3n) is 5.08. The van der Waals surface area contributed by atoms with Crippen LogP contribution in [0, 0.1) is 0 Å². The number of methoxy groups -OCH3 is 2. The monoisotopic (exact) mass is 414 g/mol. The van der Waals surface area contributed by atoms with Crippen molar-refractivity contribution in [2.45, 2.75) is 13.0 Å². The predicted molar refractivity (Wildman–Crippen MR) is 125 cm³/mol. The Bertz CT molecular complexity index is 1160. The molecule has 0 N–H and O–H groups in total. The first-order chi connectivity index (χ1) is 15.3. The zero-order valence-corrected chi connectivity index (χ0v) is 17.8. The van der Waals surface area contributed by atoms with E-state index in [1.807, 2.05) is 66.7 Å². The molecule has 0 atom stereocenters. The van der Waals surface area contributed by atoms with Gasteiger partial charge >= 0.3 is 0 Å². The number of rotatable bonds is 9. The zero-order chi connectivity index (χ0) is 21.5. The van der Waals surface area contributed by atoms with Crippen molar-refractivity contribution in [1.29, 1.82) is 0 Å². The molecule has 158 valence electrons. The molecule has 4 rings (SSSR count). The SMILES string of the molecule is COc1ccc(/C=C/c2nc3ccccc3n2CCCOc2ccccc2OC)cc1. The highest BCUT2D eigenvalue weighted by Crippen LogP contribution is 2.26. The van der Waals surface area contributed by atoms with Crippen LogP contribution in [0.3, 0.4) is 0 Å². The van der Waals surface area contributed by atoms with Gasteiger partial charge in [0.25, 0.3) is 0 Å². The van der Waals surface area contributed by atoms with Crippen LogP contribution in [-0.4, -0.2) is 30.4 Å². The molecule has 3 aromatic carbocycles. The fourth-order valence-corrected chi connectivity index (χ4v) is 3.48. The lowest BCUT2D eigenvalue weighted by Gasteiger charge is -2.11. The van der Waals surface area contributed by atoms with E-state index in [1.165, 1.54) is 0 Å². The average molecular weight is 415 g/mol. The molecule has 0 saturated heterocycles. The van der Waals surface area contributed by atoms with Gasteiger partial charge in [0.05, 0.1) is 31.9 Å². The van der Waals surface area contributed by atoms with Crippen LogP contribution < -0.4 is 14.2 Å². The first-order valence-corrected chi connectivity index (χ1v) is 10.3. The fraction of sp³-hybridized carbons (Fsp3) is 0.192. The first-order valence-electron chi connectivity index (χ1n) is 10.3. The van der Waals surface area contributed by atoms with E-state index < -0.39 is 0 Å². The van der Waals surface area contributed by atoms with Crippen molar-refractivity contribution in [3.63, 3.8) is 0 Å². The summed E-state index contributed by atoms with van der Waals surface area (Å²) < 4.78 is 18.8. The van der Waals surface area contributed by atoms with Gasteiger partial charge in [-0.05, 0) is 54.5 Å². The maximum atomic E-state index is 5.94. The van der Waals surface area contributed by atoms with Gasteiger partial charge in [-0.15, -0.1) is 0 Å². The van der Waals surface area contributed by atoms with Gasteiger partial charge < -0.3 is 18.8 Å². The standard InChI is InChI=1S/C26H26N2O3/c1-29-21-15-12-20(13-16-21)14-17-26-27-22-8-3-4-9-23(22)28(26)18-7-19-31-25-11-6-5-10-24(25)30-2/h3-6,8-17H,7,18-19H2,1-2H3/b17-14+. The summed E-state index contributed by atoms with van der Waals surface area (Å²) in [5.74, 6) is 3.28. The van der Waals surface area contributed by atoms with Crippen LogP contribution in [0.15, 0.2) is 72.8 Å². The maximum absolute atomic E-state index is 5.94. The Morgan fingerprint density at radius 2 is 1.55 bits per heavy atom. The molecule has 1 heterocycles. The van der Waals surface area contributed by atoms with Crippen molar-refractivity contribution in [2.24, 2.45) is 0 Å². The summed E-state index contributed by atoms with van der Waals surface area (Å²) >= 11 is 0. The van der Waals surface area contributed by atoms with Gasteiger partial charge in [0.2, 0.25) is 0 Å². The molecule has 0 amide bonds. The van der Waals surface area contributed by atoms with E-state index in [2.05, 4.69) is 22.8 Å². The molecule has 31 heavy (non-hydrogen) atoms. The van der Waals surface area contributed by atoms with E-state index in [0.29, 0.717) is 6.61 Å². The number of aromatic nitrogens is 2. The fourth-order valence-electron chi connectivity index (χ4n) is 3.48. The largest absolute Gasteiger partial charge is 0.497 e. The smallest absolute Gasteiger partial charge is 0.161 e. The molecule has 0 bridgehead atoms. The van der Waals surface area contributed by atoms with Gasteiger partial charge in [-0.25, -0.2) is 4.98 Å². The van der Waals surface area contributed by atoms with E-state index in [1.54, 1.807) is 14.2 Å². The number of aryl methyl sites for hydroxylation is 1. The molecule has 0 aliphatic carbocycles. The predicted octanol–water partition coefficient (Wildman–Crippen LogP) is 5.69. The maximum Gasteiger partial charge on any atom is 0.161 e. The molecular weight excluding hydrogens is 388 g/mol. The summed E-state index contributed by atoms with van der Waals surface area (Å²) in [6.45, 7) is 1.40. The van der Waals surface area contributed by atoms with E-state index in [9.17, 15) is 0 Å². The Kier molecular flexibility index (Phi) is 6.53. The lowest BCUT2D eigenvalue weighted by molar-refractivity contribution is 0.283. The lowest BCUT2D eigenvalue weighted by atomic mass is 10.2. The lowest BCUT2D eigenvalue weighted by Crippen LogP contribution is -2.06. The van der Waals surface area contributed by atoms with Crippen molar-refractivity contribution in [2.75, 3.05) is 20.8 Å². The summed E-state index contributed by atoms with van der Waals surface area (Å²) in [5, 5.41) is 0. The summed E-state index contributed by atoms with van der Waals surface area (Å²) in [5.41, 5.74) is 3.20. The molecule has 0 fully saturated rings. The third-order valence-corrected chi connectivity index (χ3v) is 5.08. The minimum absolute atomic E-state index is 0.592. The molecule has 0 aliphatic heterocycles. The normalized spacial score (nSPS) is 11.2. The van der Waals surface area contributed by atoms with Crippen LogP contribution in [0.4, 0.5) is 0 Å². The number of ether oxygens (including phenoxy) is 3. The Labute approximate surface area is 182 Å². The molecule has 0 unspecified atom stereocenters. The van der Waals surface area contributed by atoms with Crippen LogP contribution in [0.25, 0.3) is 23.2 Å². The highest BCUT2D eigenvalue weighted by Gasteiger charge is 2.09. The Morgan fingerprint density at radius 3 is 2.32 bits per heavy atom. The number of hydrogen-bond donors (Lipinski definition) is 0. The number of nitrogens with zero attached hydrogens (tertiary/aromatic N) is 2. The van der Waals surface area contributed by atoms with Gasteiger partial charge in [-0.2, -0.15) is 0 Å². The van der Waals surface area contributed by atoms with Crippen molar-refractivity contribution in [3.05, 3.63) is 84.2 Å². The van der Waals surface area contributed by atoms with Crippen molar-refractivity contribution in [3.8, 4) is 17.2 Å². The topological polar surface area (TPSA) is 45.5 Å². The highest BCUT2D eigenvalue weighted by atomic mass is 16.5. The summed E-state index contributed by atoms with van der Waals surface area (Å²) in [4.78, 5) is 4.82. The molecule has 0 spiro atoms. The van der Waals surface area contributed by atoms with Crippen molar-refractivity contribution >= 4 is 23.2 Å². The van der Waals surface area contributed by atoms with E-state index in [-0.39, 0.29) is 0 Å². The second-order valence-corrected chi connectivity index (χ2v) is 7.07. The molecule has 0 aliphatic rings. The van der Waals surface area contributed by atoms with E-state index in [4.69, 9.17) is 19.2 Å². The minimum Gasteiger partial charge on any atom is -0.497 e. The number of benzene rings is 3. The van der Waals surface area contributed by atoms with Crippen LogP contribution in [0.1, 0.15) is 17.8 Å². The van der Waals surface area contributed by atoms with Crippen molar-refractivity contribution in [1.82, 2.24) is 9.55 Å². The van der Waals surface area contributed by atoms with Crippen molar-refractivity contribution < 1.29 is 14.2 Å². The van der Waals surface area contributed by atoms with Crippen LogP contribution in [-0.2, 0) is 6.54 Å². The van der Waals surface area contributed by atoms with E-state index in [0.717, 1.165) is 52.6 Å². The second-order valence-electron chi connectivity index (χ2n) is 7.07. The van der Waals surface area contributed by atoms with Gasteiger partial charge in [0.15, 0.2) is 11.5 Å². The molecule has 1 aromatic heterocycles. The Hall–Kier alpha value is -3.73. The van der Waals surface area contributed by atoms with Gasteiger partial charge in [0.1, 0.15) is 11.6 Å². The summed E-state index contributed by atoms with van der Waals surface area (Å²) in [6.07, 6.45) is 4.98. The number of para-hydroxylation sites is 4. The summed E-state index contributed by atoms with van der Waals surface area (Å²) in [6, 6.07) is 23.9. The molecule has 0 saturated carbocycles. The quantitative estimate of drug-likeness (QED) is 0.330. The first kappa shape index (κ1) is 20.5. The molecule has 5 heteroatoms. The molecule has 5 nitrogen and oxygen atoms in total. The molecular formula is C26H26N2O3. The van der Waals surface area contributed by atoms with Gasteiger partial charge in [-0.3, -0.25) is 0 Å². The van der Waals surface area contributed by atoms with Crippen LogP contribution >= 0.6 is 0 Å². The average Bonchev–Trinajstić information content (AvgIpc) is 3.18. The minimum atomic E-state index is 0.592. The zero-order valence-electron chi connectivity index (χ0n) is 17.8. The number of imidazole rings is 1. The molecule has 0 radical (unpaired) electrons. The number of fused-ring (bicyclic) bond motifs is 1.